The molecule has 26 heavy (non-hydrogen) atoms. The number of nitrogens with two attached hydrogens (primary N) is 3. The zero-order chi connectivity index (χ0) is 20.0. The van der Waals surface area contributed by atoms with Gasteiger partial charge < -0.3 is 22.3 Å². The molecule has 1 aliphatic rings. The summed E-state index contributed by atoms with van der Waals surface area (Å²) in [5, 5.41) is 8.24. The zero-order valence-corrected chi connectivity index (χ0v) is 15.4. The maximum atomic E-state index is 12.0. The van der Waals surface area contributed by atoms with Gasteiger partial charge in [-0.25, -0.2) is 0 Å². The lowest BCUT2D eigenvalue weighted by molar-refractivity contribution is -0.137. The molecule has 0 radical (unpaired) electrons. The molecule has 0 saturated heterocycles. The van der Waals surface area contributed by atoms with Crippen LogP contribution in [0.4, 0.5) is 13.2 Å². The van der Waals surface area contributed by atoms with Crippen molar-refractivity contribution in [2.24, 2.45) is 17.2 Å². The Morgan fingerprint density at radius 1 is 1.08 bits per heavy atom. The molecule has 2 rings (SSSR count). The molecule has 0 unspecified atom stereocenters. The van der Waals surface area contributed by atoms with Crippen molar-refractivity contribution in [3.8, 4) is 0 Å². The van der Waals surface area contributed by atoms with Crippen molar-refractivity contribution < 1.29 is 18.3 Å². The summed E-state index contributed by atoms with van der Waals surface area (Å²) in [5.74, 6) is 0. The quantitative estimate of drug-likeness (QED) is 0.607. The molecule has 0 bridgehead atoms. The number of hydrogen-bond donors (Lipinski definition) is 4. The van der Waals surface area contributed by atoms with Gasteiger partial charge in [0.2, 0.25) is 0 Å². The van der Waals surface area contributed by atoms with Crippen molar-refractivity contribution in [3.63, 3.8) is 0 Å². The van der Waals surface area contributed by atoms with Crippen molar-refractivity contribution in [3.05, 3.63) is 47.0 Å². The topological polar surface area (TPSA) is 98.3 Å². The van der Waals surface area contributed by atoms with Gasteiger partial charge >= 0.3 is 6.18 Å². The first-order chi connectivity index (χ1) is 12.2. The Bertz CT molecular complexity index is 500. The van der Waals surface area contributed by atoms with Crippen LogP contribution in [0, 0.1) is 0 Å². The summed E-state index contributed by atoms with van der Waals surface area (Å²) in [6.07, 6.45) is 4.24. The number of benzene rings is 1. The van der Waals surface area contributed by atoms with Crippen molar-refractivity contribution in [1.29, 1.82) is 0 Å². The summed E-state index contributed by atoms with van der Waals surface area (Å²) in [7, 11) is 0. The van der Waals surface area contributed by atoms with E-state index in [0.29, 0.717) is 12.1 Å². The van der Waals surface area contributed by atoms with Crippen LogP contribution in [0.3, 0.4) is 0 Å². The minimum absolute atomic E-state index is 0.262. The lowest BCUT2D eigenvalue weighted by Gasteiger charge is -2.10. The molecular formula is C19H32F3N3O. The fourth-order valence-corrected chi connectivity index (χ4v) is 2.15. The highest BCUT2D eigenvalue weighted by Gasteiger charge is 2.29. The number of allylic oxidation sites excluding steroid dienone is 1. The summed E-state index contributed by atoms with van der Waals surface area (Å²) < 4.78 is 36.0. The van der Waals surface area contributed by atoms with Crippen LogP contribution in [0.5, 0.6) is 0 Å². The van der Waals surface area contributed by atoms with E-state index in [1.165, 1.54) is 37.8 Å². The Labute approximate surface area is 154 Å². The molecule has 7 heteroatoms. The molecule has 7 N–H and O–H groups in total. The van der Waals surface area contributed by atoms with E-state index >= 15 is 0 Å². The van der Waals surface area contributed by atoms with Gasteiger partial charge in [0.15, 0.2) is 0 Å². The second-order valence-electron chi connectivity index (χ2n) is 6.13. The van der Waals surface area contributed by atoms with Gasteiger partial charge in [-0.05, 0) is 63.3 Å². The van der Waals surface area contributed by atoms with E-state index in [2.05, 4.69) is 6.08 Å². The summed E-state index contributed by atoms with van der Waals surface area (Å²) in [6, 6.07) is 4.82. The number of rotatable bonds is 4. The first-order valence-corrected chi connectivity index (χ1v) is 8.86. The second-order valence-corrected chi connectivity index (χ2v) is 6.13. The van der Waals surface area contributed by atoms with Crippen LogP contribution < -0.4 is 17.2 Å². The molecule has 0 saturated carbocycles. The Morgan fingerprint density at radius 3 is 2.00 bits per heavy atom. The summed E-state index contributed by atoms with van der Waals surface area (Å²) in [4.78, 5) is 0. The van der Waals surface area contributed by atoms with Gasteiger partial charge in [0.25, 0.3) is 0 Å². The average molecular weight is 375 g/mol. The fraction of sp³-hybridized carbons (Fsp3) is 0.579. The molecule has 1 aromatic carbocycles. The predicted octanol–water partition coefficient (Wildman–Crippen LogP) is 3.33. The smallest absolute Gasteiger partial charge is 0.392 e. The van der Waals surface area contributed by atoms with Crippen molar-refractivity contribution in [2.75, 3.05) is 13.1 Å². The third-order valence-electron chi connectivity index (χ3n) is 3.71. The van der Waals surface area contributed by atoms with Crippen LogP contribution >= 0.6 is 0 Å². The average Bonchev–Trinajstić information content (AvgIpc) is 2.63. The lowest BCUT2D eigenvalue weighted by atomic mass is 9.97. The standard InChI is InChI=1S/C8H8F3N.C8H15N.C3H9NO/c9-8(10,11)7-3-1-6(5-12)2-4-7;9-7-6-8-4-2-1-3-5-8;1-3(5)2-4/h1-4H,5,12H2;4H,1-3,5-7,9H2;3,5H,2,4H2,1H3/t;;3-/m..1/s1. The minimum Gasteiger partial charge on any atom is -0.392 e. The van der Waals surface area contributed by atoms with Crippen LogP contribution in [-0.4, -0.2) is 24.3 Å². The minimum atomic E-state index is -4.26. The number of aliphatic hydroxyl groups is 1. The van der Waals surface area contributed by atoms with E-state index < -0.39 is 11.7 Å². The highest BCUT2D eigenvalue weighted by molar-refractivity contribution is 5.24. The Hall–Kier alpha value is -1.41. The summed E-state index contributed by atoms with van der Waals surface area (Å²) in [5.41, 5.74) is 17.2. The first kappa shape index (κ1) is 24.6. The van der Waals surface area contributed by atoms with Crippen molar-refractivity contribution >= 4 is 0 Å². The Kier molecular flexibility index (Phi) is 13.0. The van der Waals surface area contributed by atoms with E-state index in [1.54, 1.807) is 12.5 Å². The molecule has 0 heterocycles. The number of aliphatic hydroxyl groups excluding tert-OH is 1. The van der Waals surface area contributed by atoms with Gasteiger partial charge in [-0.1, -0.05) is 23.8 Å². The number of halogens is 3. The van der Waals surface area contributed by atoms with E-state index in [9.17, 15) is 13.2 Å². The zero-order valence-electron chi connectivity index (χ0n) is 15.4. The SMILES string of the molecule is C[C@@H](O)CN.NCCC1=CCCCC1.NCc1ccc(C(F)(F)F)cc1. The van der Waals surface area contributed by atoms with Gasteiger partial charge in [0.1, 0.15) is 0 Å². The molecule has 4 nitrogen and oxygen atoms in total. The van der Waals surface area contributed by atoms with E-state index in [-0.39, 0.29) is 12.6 Å². The molecule has 150 valence electrons. The van der Waals surface area contributed by atoms with Gasteiger partial charge in [0, 0.05) is 13.1 Å². The number of hydrogen-bond acceptors (Lipinski definition) is 4. The summed E-state index contributed by atoms with van der Waals surface area (Å²) >= 11 is 0. The van der Waals surface area contributed by atoms with Crippen molar-refractivity contribution in [1.82, 2.24) is 0 Å². The van der Waals surface area contributed by atoms with E-state index in [4.69, 9.17) is 22.3 Å². The Morgan fingerprint density at radius 2 is 1.65 bits per heavy atom. The van der Waals surface area contributed by atoms with Crippen LogP contribution in [-0.2, 0) is 12.7 Å². The Balaban J connectivity index is 0.000000394. The monoisotopic (exact) mass is 375 g/mol. The van der Waals surface area contributed by atoms with Crippen LogP contribution in [0.25, 0.3) is 0 Å². The molecule has 0 aromatic heterocycles. The molecule has 1 aliphatic carbocycles. The van der Waals surface area contributed by atoms with E-state index in [1.807, 2.05) is 0 Å². The third kappa shape index (κ3) is 12.0. The maximum absolute atomic E-state index is 12.0. The molecular weight excluding hydrogens is 343 g/mol. The van der Waals surface area contributed by atoms with Crippen molar-refractivity contribution in [2.45, 2.75) is 57.9 Å². The van der Waals surface area contributed by atoms with Crippen LogP contribution in [0.1, 0.15) is 50.2 Å². The first-order valence-electron chi connectivity index (χ1n) is 8.86. The van der Waals surface area contributed by atoms with Gasteiger partial charge in [-0.2, -0.15) is 13.2 Å². The summed E-state index contributed by atoms with van der Waals surface area (Å²) in [6.45, 7) is 3.10. The fourth-order valence-electron chi connectivity index (χ4n) is 2.15. The molecule has 1 atom stereocenters. The highest BCUT2D eigenvalue weighted by atomic mass is 19.4. The normalized spacial score (nSPS) is 15.0. The van der Waals surface area contributed by atoms with Crippen LogP contribution in [0.15, 0.2) is 35.9 Å². The molecule has 0 amide bonds. The molecule has 0 spiro atoms. The maximum Gasteiger partial charge on any atom is 0.416 e. The highest BCUT2D eigenvalue weighted by Crippen LogP contribution is 2.28. The second kappa shape index (κ2) is 13.7. The van der Waals surface area contributed by atoms with E-state index in [0.717, 1.165) is 25.1 Å². The third-order valence-corrected chi connectivity index (χ3v) is 3.71. The van der Waals surface area contributed by atoms with Gasteiger partial charge in [0.05, 0.1) is 11.7 Å². The lowest BCUT2D eigenvalue weighted by Crippen LogP contribution is -2.14. The van der Waals surface area contributed by atoms with Crippen LogP contribution in [0.2, 0.25) is 0 Å². The van der Waals surface area contributed by atoms with Gasteiger partial charge in [-0.3, -0.25) is 0 Å². The largest absolute Gasteiger partial charge is 0.416 e. The molecule has 1 aromatic rings. The number of alkyl halides is 3. The molecule has 0 fully saturated rings. The molecule has 0 aliphatic heterocycles. The predicted molar refractivity (Wildman–Crippen MR) is 100 cm³/mol. The van der Waals surface area contributed by atoms with Gasteiger partial charge in [-0.15, -0.1) is 0 Å².